The van der Waals surface area contributed by atoms with Gasteiger partial charge in [-0.15, -0.1) is 0 Å². The average Bonchev–Trinajstić information content (AvgIpc) is 2.72. The van der Waals surface area contributed by atoms with Crippen LogP contribution in [0.2, 0.25) is 0 Å². The molecule has 0 saturated carbocycles. The zero-order chi connectivity index (χ0) is 11.5. The summed E-state index contributed by atoms with van der Waals surface area (Å²) in [4.78, 5) is 0. The number of ether oxygens (including phenoxy) is 1. The molecule has 1 aromatic rings. The molecule has 90 valence electrons. The highest BCUT2D eigenvalue weighted by Crippen LogP contribution is 2.22. The molecule has 0 unspecified atom stereocenters. The second-order valence-corrected chi connectivity index (χ2v) is 4.70. The first-order valence-electron chi connectivity index (χ1n) is 6.44. The Hall–Kier alpha value is -1.35. The van der Waals surface area contributed by atoms with Crippen molar-refractivity contribution in [3.8, 4) is 0 Å². The first-order chi connectivity index (χ1) is 8.45. The van der Waals surface area contributed by atoms with E-state index in [1.165, 1.54) is 16.3 Å². The molecular weight excluding hydrogens is 212 g/mol. The van der Waals surface area contributed by atoms with E-state index in [-0.39, 0.29) is 0 Å². The van der Waals surface area contributed by atoms with E-state index in [1.54, 1.807) is 0 Å². The lowest BCUT2D eigenvalue weighted by Crippen LogP contribution is -2.28. The smallest absolute Gasteiger partial charge is 0.0733 e. The van der Waals surface area contributed by atoms with Gasteiger partial charge in [0.25, 0.3) is 0 Å². The molecule has 0 atom stereocenters. The van der Waals surface area contributed by atoms with Crippen LogP contribution in [-0.2, 0) is 4.74 Å². The Morgan fingerprint density at radius 3 is 3.00 bits per heavy atom. The lowest BCUT2D eigenvalue weighted by molar-refractivity contribution is 0.0843. The maximum Gasteiger partial charge on any atom is 0.0733 e. The first-order valence-corrected chi connectivity index (χ1v) is 6.44. The van der Waals surface area contributed by atoms with E-state index in [4.69, 9.17) is 4.74 Å². The predicted octanol–water partition coefficient (Wildman–Crippen LogP) is 1.21. The van der Waals surface area contributed by atoms with Gasteiger partial charge < -0.3 is 4.74 Å². The monoisotopic (exact) mass is 230 g/mol. The molecule has 0 amide bonds. The standard InChI is InChI=1S/C14H18N2O/c1-2-4-6-13-12(5-3-1)14(16-15-13)11-7-9-17-10-8-11/h1,3,5-6,11,15H,2,4,7-10H2/b3-1-,12-5+,13-6+. The molecule has 1 fully saturated rings. The van der Waals surface area contributed by atoms with Gasteiger partial charge in [-0.1, -0.05) is 24.3 Å². The Labute approximate surface area is 101 Å². The van der Waals surface area contributed by atoms with Crippen molar-refractivity contribution < 1.29 is 4.74 Å². The molecule has 1 N–H and O–H groups in total. The van der Waals surface area contributed by atoms with Crippen molar-refractivity contribution in [2.75, 3.05) is 13.2 Å². The quantitative estimate of drug-likeness (QED) is 0.787. The van der Waals surface area contributed by atoms with Crippen LogP contribution >= 0.6 is 0 Å². The Morgan fingerprint density at radius 1 is 1.24 bits per heavy atom. The lowest BCUT2D eigenvalue weighted by atomic mass is 9.95. The predicted molar refractivity (Wildman–Crippen MR) is 67.9 cm³/mol. The fraction of sp³-hybridized carbons (Fsp3) is 0.500. The lowest BCUT2D eigenvalue weighted by Gasteiger charge is -2.20. The van der Waals surface area contributed by atoms with Gasteiger partial charge in [0, 0.05) is 24.4 Å². The van der Waals surface area contributed by atoms with Crippen molar-refractivity contribution in [1.82, 2.24) is 10.2 Å². The van der Waals surface area contributed by atoms with Gasteiger partial charge in [0.2, 0.25) is 0 Å². The normalized spacial score (nSPS) is 26.8. The van der Waals surface area contributed by atoms with Crippen molar-refractivity contribution in [2.24, 2.45) is 0 Å². The molecule has 0 radical (unpaired) electrons. The largest absolute Gasteiger partial charge is 0.381 e. The summed E-state index contributed by atoms with van der Waals surface area (Å²) in [5.74, 6) is 0.557. The Kier molecular flexibility index (Phi) is 3.10. The number of rotatable bonds is 1. The van der Waals surface area contributed by atoms with Crippen LogP contribution in [0.15, 0.2) is 12.2 Å². The average molecular weight is 230 g/mol. The Balaban J connectivity index is 2.04. The number of fused-ring (bicyclic) bond motifs is 1. The van der Waals surface area contributed by atoms with Gasteiger partial charge in [-0.3, -0.25) is 5.10 Å². The summed E-state index contributed by atoms with van der Waals surface area (Å²) in [6.07, 6.45) is 13.2. The van der Waals surface area contributed by atoms with Gasteiger partial charge in [0.15, 0.2) is 0 Å². The molecule has 3 nitrogen and oxygen atoms in total. The molecular formula is C14H18N2O. The summed E-state index contributed by atoms with van der Waals surface area (Å²) in [5.41, 5.74) is 1.23. The van der Waals surface area contributed by atoms with Gasteiger partial charge in [-0.05, 0) is 25.7 Å². The summed E-state index contributed by atoms with van der Waals surface area (Å²) in [7, 11) is 0. The number of nitrogens with zero attached hydrogens (tertiary/aromatic N) is 1. The topological polar surface area (TPSA) is 37.9 Å². The summed E-state index contributed by atoms with van der Waals surface area (Å²) in [5, 5.41) is 10.2. The number of aromatic nitrogens is 2. The van der Waals surface area contributed by atoms with E-state index in [0.29, 0.717) is 5.92 Å². The Bertz CT molecular complexity index is 521. The minimum Gasteiger partial charge on any atom is -0.381 e. The van der Waals surface area contributed by atoms with Crippen LogP contribution in [0.4, 0.5) is 0 Å². The third kappa shape index (κ3) is 2.20. The number of aromatic amines is 1. The minimum absolute atomic E-state index is 0.557. The molecule has 1 aromatic heterocycles. The van der Waals surface area contributed by atoms with Crippen LogP contribution in [0, 0.1) is 0 Å². The molecule has 1 aliphatic carbocycles. The fourth-order valence-corrected chi connectivity index (χ4v) is 2.58. The molecule has 3 heteroatoms. The van der Waals surface area contributed by atoms with E-state index in [1.807, 2.05) is 0 Å². The number of hydrogen-bond donors (Lipinski definition) is 1. The van der Waals surface area contributed by atoms with Crippen LogP contribution in [0.1, 0.15) is 37.3 Å². The van der Waals surface area contributed by atoms with Crippen LogP contribution in [0.25, 0.3) is 12.2 Å². The highest BCUT2D eigenvalue weighted by atomic mass is 16.5. The van der Waals surface area contributed by atoms with Gasteiger partial charge in [0.1, 0.15) is 0 Å². The van der Waals surface area contributed by atoms with Gasteiger partial charge in [-0.2, -0.15) is 5.10 Å². The molecule has 2 aliphatic rings. The van der Waals surface area contributed by atoms with Crippen molar-refractivity contribution in [3.63, 3.8) is 0 Å². The van der Waals surface area contributed by atoms with E-state index in [2.05, 4.69) is 34.5 Å². The second-order valence-electron chi connectivity index (χ2n) is 4.70. The molecule has 0 bridgehead atoms. The third-order valence-electron chi connectivity index (χ3n) is 3.55. The maximum atomic E-state index is 5.42. The fourth-order valence-electron chi connectivity index (χ4n) is 2.58. The first kappa shape index (κ1) is 10.8. The SMILES string of the molecule is C1=C\CC/C=c2/[nH]nc(C3CCOCC3)/c2=C/1. The zero-order valence-electron chi connectivity index (χ0n) is 9.98. The van der Waals surface area contributed by atoms with Gasteiger partial charge in [0.05, 0.1) is 11.0 Å². The molecule has 1 aliphatic heterocycles. The van der Waals surface area contributed by atoms with E-state index >= 15 is 0 Å². The minimum atomic E-state index is 0.557. The van der Waals surface area contributed by atoms with Crippen molar-refractivity contribution in [1.29, 1.82) is 0 Å². The number of H-pyrrole nitrogens is 1. The van der Waals surface area contributed by atoms with E-state index < -0.39 is 0 Å². The van der Waals surface area contributed by atoms with Crippen molar-refractivity contribution >= 4 is 12.2 Å². The maximum absolute atomic E-state index is 5.42. The van der Waals surface area contributed by atoms with Crippen LogP contribution < -0.4 is 10.6 Å². The van der Waals surface area contributed by atoms with E-state index in [9.17, 15) is 0 Å². The number of allylic oxidation sites excluding steroid dienone is 2. The van der Waals surface area contributed by atoms with Crippen LogP contribution in [0.3, 0.4) is 0 Å². The van der Waals surface area contributed by atoms with E-state index in [0.717, 1.165) is 38.9 Å². The highest BCUT2D eigenvalue weighted by Gasteiger charge is 2.19. The number of hydrogen-bond acceptors (Lipinski definition) is 2. The van der Waals surface area contributed by atoms with Crippen LogP contribution in [0.5, 0.6) is 0 Å². The molecule has 17 heavy (non-hydrogen) atoms. The second kappa shape index (κ2) is 4.88. The molecule has 0 aromatic carbocycles. The van der Waals surface area contributed by atoms with Crippen molar-refractivity contribution in [2.45, 2.75) is 31.6 Å². The summed E-state index contributed by atoms with van der Waals surface area (Å²) < 4.78 is 5.42. The zero-order valence-corrected chi connectivity index (χ0v) is 9.98. The van der Waals surface area contributed by atoms with Crippen molar-refractivity contribution in [3.05, 3.63) is 28.4 Å². The number of nitrogens with one attached hydrogen (secondary N) is 1. The molecule has 3 rings (SSSR count). The summed E-state index contributed by atoms with van der Waals surface area (Å²) in [6.45, 7) is 1.73. The molecule has 0 spiro atoms. The van der Waals surface area contributed by atoms with Gasteiger partial charge in [-0.25, -0.2) is 0 Å². The summed E-state index contributed by atoms with van der Waals surface area (Å²) >= 11 is 0. The van der Waals surface area contributed by atoms with Gasteiger partial charge >= 0.3 is 0 Å². The highest BCUT2D eigenvalue weighted by molar-refractivity contribution is 5.42. The molecule has 2 heterocycles. The third-order valence-corrected chi connectivity index (χ3v) is 3.55. The van der Waals surface area contributed by atoms with Crippen LogP contribution in [-0.4, -0.2) is 23.4 Å². The Morgan fingerprint density at radius 2 is 2.12 bits per heavy atom. The molecule has 1 saturated heterocycles. The summed E-state index contributed by atoms with van der Waals surface area (Å²) in [6, 6.07) is 0.